The summed E-state index contributed by atoms with van der Waals surface area (Å²) in [5, 5.41) is 3.03. The molecule has 0 aromatic carbocycles. The van der Waals surface area contributed by atoms with Crippen molar-refractivity contribution < 1.29 is 13.2 Å². The van der Waals surface area contributed by atoms with Crippen molar-refractivity contribution in [3.63, 3.8) is 0 Å². The summed E-state index contributed by atoms with van der Waals surface area (Å²) in [4.78, 5) is 0. The molecule has 0 aliphatic carbocycles. The van der Waals surface area contributed by atoms with Gasteiger partial charge in [0.05, 0.1) is 17.5 Å². The zero-order chi connectivity index (χ0) is 11.9. The zero-order valence-corrected chi connectivity index (χ0v) is 10.8. The summed E-state index contributed by atoms with van der Waals surface area (Å²) in [5.74, 6) is 0. The number of hydrogen-bond donors (Lipinski definition) is 1. The van der Waals surface area contributed by atoms with Crippen LogP contribution in [-0.4, -0.2) is 56.4 Å². The molecule has 0 aromatic heterocycles. The van der Waals surface area contributed by atoms with Crippen molar-refractivity contribution >= 4 is 10.0 Å². The third kappa shape index (κ3) is 2.23. The molecular formula is C11H20N2O3S. The number of sulfonamides is 1. The molecule has 2 atom stereocenters. The summed E-state index contributed by atoms with van der Waals surface area (Å²) in [6.45, 7) is 2.79. The molecule has 2 unspecified atom stereocenters. The Labute approximate surface area is 103 Å². The van der Waals surface area contributed by atoms with E-state index in [2.05, 4.69) is 5.32 Å². The highest BCUT2D eigenvalue weighted by molar-refractivity contribution is 7.89. The zero-order valence-electron chi connectivity index (χ0n) is 9.97. The number of nitrogens with zero attached hydrogens (tertiary/aromatic N) is 1. The second-order valence-electron chi connectivity index (χ2n) is 5.27. The first kappa shape index (κ1) is 11.9. The molecule has 3 aliphatic heterocycles. The monoisotopic (exact) mass is 260 g/mol. The number of hydrogen-bond acceptors (Lipinski definition) is 4. The molecule has 0 radical (unpaired) electrons. The van der Waals surface area contributed by atoms with Crippen LogP contribution in [0.2, 0.25) is 0 Å². The van der Waals surface area contributed by atoms with E-state index in [-0.39, 0.29) is 17.5 Å². The van der Waals surface area contributed by atoms with Gasteiger partial charge in [-0.15, -0.1) is 0 Å². The second kappa shape index (κ2) is 4.50. The minimum Gasteiger partial charge on any atom is -0.372 e. The van der Waals surface area contributed by atoms with E-state index in [4.69, 9.17) is 4.74 Å². The maximum Gasteiger partial charge on any atom is 0.217 e. The van der Waals surface area contributed by atoms with Crippen molar-refractivity contribution in [1.29, 1.82) is 0 Å². The topological polar surface area (TPSA) is 58.6 Å². The van der Waals surface area contributed by atoms with Crippen LogP contribution in [0.25, 0.3) is 0 Å². The quantitative estimate of drug-likeness (QED) is 0.755. The summed E-state index contributed by atoms with van der Waals surface area (Å²) < 4.78 is 32.4. The summed E-state index contributed by atoms with van der Waals surface area (Å²) in [7, 11) is -3.10. The standard InChI is InChI=1S/C11H20N2O3S/c14-17(15,11-3-5-12-6-4-11)13-7-9-1-2-10(8-13)16-9/h9-12H,1-8H2. The first-order valence-electron chi connectivity index (χ1n) is 6.51. The molecule has 6 heteroatoms. The molecule has 0 aromatic rings. The van der Waals surface area contributed by atoms with Gasteiger partial charge in [0.25, 0.3) is 0 Å². The van der Waals surface area contributed by atoms with Crippen LogP contribution in [-0.2, 0) is 14.8 Å². The lowest BCUT2D eigenvalue weighted by molar-refractivity contribution is -0.0118. The number of rotatable bonds is 2. The molecular weight excluding hydrogens is 240 g/mol. The maximum absolute atomic E-state index is 12.5. The van der Waals surface area contributed by atoms with Crippen molar-refractivity contribution in [3.8, 4) is 0 Å². The van der Waals surface area contributed by atoms with Gasteiger partial charge in [0.2, 0.25) is 10.0 Å². The molecule has 0 saturated carbocycles. The van der Waals surface area contributed by atoms with Crippen LogP contribution < -0.4 is 5.32 Å². The average molecular weight is 260 g/mol. The number of piperidine rings is 1. The van der Waals surface area contributed by atoms with E-state index in [9.17, 15) is 8.42 Å². The van der Waals surface area contributed by atoms with Crippen LogP contribution in [0, 0.1) is 0 Å². The Bertz CT molecular complexity index is 366. The SMILES string of the molecule is O=S(=O)(C1CCNCC1)N1CC2CCC(C1)O2. The highest BCUT2D eigenvalue weighted by Gasteiger charge is 2.41. The summed E-state index contributed by atoms with van der Waals surface area (Å²) in [6.07, 6.45) is 3.81. The molecule has 3 rings (SSSR count). The van der Waals surface area contributed by atoms with Gasteiger partial charge in [-0.2, -0.15) is 4.31 Å². The first-order chi connectivity index (χ1) is 8.16. The van der Waals surface area contributed by atoms with E-state index in [1.54, 1.807) is 4.31 Å². The molecule has 5 nitrogen and oxygen atoms in total. The number of fused-ring (bicyclic) bond motifs is 2. The Kier molecular flexibility index (Phi) is 3.15. The predicted octanol–water partition coefficient (Wildman–Crippen LogP) is -0.0686. The number of morpholine rings is 1. The fraction of sp³-hybridized carbons (Fsp3) is 1.00. The van der Waals surface area contributed by atoms with Crippen molar-refractivity contribution in [1.82, 2.24) is 9.62 Å². The fourth-order valence-electron chi connectivity index (χ4n) is 3.09. The number of nitrogens with one attached hydrogen (secondary N) is 1. The van der Waals surface area contributed by atoms with E-state index in [1.165, 1.54) is 0 Å². The second-order valence-corrected chi connectivity index (χ2v) is 7.48. The summed E-state index contributed by atoms with van der Waals surface area (Å²) >= 11 is 0. The van der Waals surface area contributed by atoms with Gasteiger partial charge in [0, 0.05) is 13.1 Å². The maximum atomic E-state index is 12.5. The molecule has 1 N–H and O–H groups in total. The predicted molar refractivity (Wildman–Crippen MR) is 64.3 cm³/mol. The highest BCUT2D eigenvalue weighted by Crippen LogP contribution is 2.30. The third-order valence-corrected chi connectivity index (χ3v) is 6.41. The minimum atomic E-state index is -3.10. The normalized spacial score (nSPS) is 36.2. The van der Waals surface area contributed by atoms with Crippen molar-refractivity contribution in [2.75, 3.05) is 26.2 Å². The van der Waals surface area contributed by atoms with Crippen molar-refractivity contribution in [3.05, 3.63) is 0 Å². The lowest BCUT2D eigenvalue weighted by atomic mass is 10.2. The van der Waals surface area contributed by atoms with E-state index in [1.807, 2.05) is 0 Å². The molecule has 98 valence electrons. The largest absolute Gasteiger partial charge is 0.372 e. The van der Waals surface area contributed by atoms with Crippen molar-refractivity contribution in [2.24, 2.45) is 0 Å². The molecule has 0 amide bonds. The van der Waals surface area contributed by atoms with Crippen LogP contribution in [0.15, 0.2) is 0 Å². The van der Waals surface area contributed by atoms with Crippen LogP contribution in [0.3, 0.4) is 0 Å². The van der Waals surface area contributed by atoms with Gasteiger partial charge in [-0.3, -0.25) is 0 Å². The smallest absolute Gasteiger partial charge is 0.217 e. The number of ether oxygens (including phenoxy) is 1. The molecule has 3 aliphatic rings. The molecule has 0 spiro atoms. The molecule has 3 heterocycles. The lowest BCUT2D eigenvalue weighted by Crippen LogP contribution is -2.50. The fourth-order valence-corrected chi connectivity index (χ4v) is 5.09. The lowest BCUT2D eigenvalue weighted by Gasteiger charge is -2.35. The third-order valence-electron chi connectivity index (χ3n) is 4.08. The van der Waals surface area contributed by atoms with Crippen molar-refractivity contribution in [2.45, 2.75) is 43.1 Å². The highest BCUT2D eigenvalue weighted by atomic mass is 32.2. The van der Waals surface area contributed by atoms with Gasteiger partial charge in [-0.05, 0) is 38.8 Å². The van der Waals surface area contributed by atoms with Crippen LogP contribution in [0.4, 0.5) is 0 Å². The van der Waals surface area contributed by atoms with E-state index in [0.717, 1.165) is 38.8 Å². The Morgan fingerprint density at radius 3 is 2.18 bits per heavy atom. The van der Waals surface area contributed by atoms with Crippen LogP contribution >= 0.6 is 0 Å². The molecule has 2 bridgehead atoms. The van der Waals surface area contributed by atoms with Gasteiger partial charge in [-0.1, -0.05) is 0 Å². The Balaban J connectivity index is 1.73. The summed E-state index contributed by atoms with van der Waals surface area (Å²) in [5.41, 5.74) is 0. The van der Waals surface area contributed by atoms with Gasteiger partial charge in [0.15, 0.2) is 0 Å². The Morgan fingerprint density at radius 1 is 1.00 bits per heavy atom. The molecule has 3 saturated heterocycles. The summed E-state index contributed by atoms with van der Waals surface area (Å²) in [6, 6.07) is 0. The average Bonchev–Trinajstić information content (AvgIpc) is 2.69. The van der Waals surface area contributed by atoms with Gasteiger partial charge in [0.1, 0.15) is 0 Å². The Hall–Kier alpha value is -0.170. The van der Waals surface area contributed by atoms with Gasteiger partial charge >= 0.3 is 0 Å². The Morgan fingerprint density at radius 2 is 1.59 bits per heavy atom. The van der Waals surface area contributed by atoms with E-state index in [0.29, 0.717) is 13.1 Å². The van der Waals surface area contributed by atoms with Gasteiger partial charge < -0.3 is 10.1 Å². The molecule has 17 heavy (non-hydrogen) atoms. The van der Waals surface area contributed by atoms with E-state index >= 15 is 0 Å². The van der Waals surface area contributed by atoms with Crippen LogP contribution in [0.1, 0.15) is 25.7 Å². The first-order valence-corrected chi connectivity index (χ1v) is 8.02. The minimum absolute atomic E-state index is 0.144. The van der Waals surface area contributed by atoms with Crippen LogP contribution in [0.5, 0.6) is 0 Å². The molecule has 3 fully saturated rings. The van der Waals surface area contributed by atoms with Gasteiger partial charge in [-0.25, -0.2) is 8.42 Å². The van der Waals surface area contributed by atoms with E-state index < -0.39 is 10.0 Å².